The number of nitrogens with one attached hydrogen (secondary N) is 1. The maximum Gasteiger partial charge on any atom is 0.263 e. The number of para-hydroxylation sites is 2. The number of nitrogens with zero attached hydrogens (tertiary/aromatic N) is 1. The van der Waals surface area contributed by atoms with Gasteiger partial charge in [0.2, 0.25) is 5.91 Å². The topological polar surface area (TPSA) is 84.9 Å². The minimum atomic E-state index is -0.335. The van der Waals surface area contributed by atoms with E-state index >= 15 is 0 Å². The number of methoxy groups -OCH3 is 1. The van der Waals surface area contributed by atoms with Gasteiger partial charge in [0.05, 0.1) is 30.5 Å². The summed E-state index contributed by atoms with van der Waals surface area (Å²) in [5.41, 5.74) is 1.05. The summed E-state index contributed by atoms with van der Waals surface area (Å²) in [6.45, 7) is 4.37. The molecule has 3 amide bonds. The number of hydrogen-bond donors (Lipinski definition) is 1. The van der Waals surface area contributed by atoms with E-state index in [1.807, 2.05) is 37.4 Å². The Hall–Kier alpha value is -3.00. The number of anilines is 1. The smallest absolute Gasteiger partial charge is 0.263 e. The van der Waals surface area contributed by atoms with Gasteiger partial charge < -0.3 is 14.8 Å². The highest BCUT2D eigenvalue weighted by atomic mass is 32.2. The summed E-state index contributed by atoms with van der Waals surface area (Å²) in [5, 5.41) is 2.59. The standard InChI is InChI=1S/C13H14N2O3S.C9H12O2/c1-8(16)14-10-5-3-4-9-11(10)13(18)15(12(9)17)6-7-19-2;1-3-11-9-7-5-4-6-8(9)10-2/h3-5H,6-7H2,1-2H3,(H,14,16);4-7H,3H2,1-2H3. The van der Waals surface area contributed by atoms with Crippen LogP contribution in [0, 0.1) is 0 Å². The van der Waals surface area contributed by atoms with Crippen molar-refractivity contribution in [2.75, 3.05) is 37.6 Å². The lowest BCUT2D eigenvalue weighted by Gasteiger charge is -2.12. The van der Waals surface area contributed by atoms with Crippen LogP contribution in [0.2, 0.25) is 0 Å². The van der Waals surface area contributed by atoms with E-state index in [4.69, 9.17) is 9.47 Å². The molecule has 0 unspecified atom stereocenters. The van der Waals surface area contributed by atoms with Crippen LogP contribution >= 0.6 is 11.8 Å². The van der Waals surface area contributed by atoms with Gasteiger partial charge in [0, 0.05) is 19.2 Å². The summed E-state index contributed by atoms with van der Waals surface area (Å²) >= 11 is 1.57. The van der Waals surface area contributed by atoms with Gasteiger partial charge in [0.25, 0.3) is 11.8 Å². The third kappa shape index (κ3) is 5.54. The van der Waals surface area contributed by atoms with Gasteiger partial charge >= 0.3 is 0 Å². The van der Waals surface area contributed by atoms with Gasteiger partial charge in [-0.1, -0.05) is 18.2 Å². The van der Waals surface area contributed by atoms with Crippen molar-refractivity contribution in [1.82, 2.24) is 4.90 Å². The van der Waals surface area contributed by atoms with E-state index < -0.39 is 0 Å². The molecule has 0 atom stereocenters. The van der Waals surface area contributed by atoms with Gasteiger partial charge in [0.1, 0.15) is 0 Å². The Balaban J connectivity index is 0.000000248. The zero-order chi connectivity index (χ0) is 22.1. The van der Waals surface area contributed by atoms with Crippen LogP contribution in [-0.4, -0.2) is 54.9 Å². The molecule has 2 aromatic rings. The number of fused-ring (bicyclic) bond motifs is 1. The van der Waals surface area contributed by atoms with Crippen molar-refractivity contribution >= 4 is 35.2 Å². The summed E-state index contributed by atoms with van der Waals surface area (Å²) < 4.78 is 10.4. The number of carbonyl (C=O) groups excluding carboxylic acids is 3. The third-order valence-electron chi connectivity index (χ3n) is 4.20. The molecule has 2 aromatic carbocycles. The summed E-state index contributed by atoms with van der Waals surface area (Å²) in [5.74, 6) is 1.39. The van der Waals surface area contributed by atoms with Crippen LogP contribution in [0.4, 0.5) is 5.69 Å². The van der Waals surface area contributed by atoms with E-state index in [-0.39, 0.29) is 17.7 Å². The van der Waals surface area contributed by atoms with Gasteiger partial charge in [-0.05, 0) is 37.4 Å². The van der Waals surface area contributed by atoms with Gasteiger partial charge in [-0.25, -0.2) is 0 Å². The number of thioether (sulfide) groups is 1. The van der Waals surface area contributed by atoms with E-state index in [9.17, 15) is 14.4 Å². The molecule has 0 spiro atoms. The van der Waals surface area contributed by atoms with Crippen LogP contribution in [0.15, 0.2) is 42.5 Å². The highest BCUT2D eigenvalue weighted by molar-refractivity contribution is 7.98. The Labute approximate surface area is 180 Å². The zero-order valence-corrected chi connectivity index (χ0v) is 18.4. The Kier molecular flexibility index (Phi) is 8.73. The van der Waals surface area contributed by atoms with Crippen molar-refractivity contribution in [2.24, 2.45) is 0 Å². The average Bonchev–Trinajstić information content (AvgIpc) is 2.98. The zero-order valence-electron chi connectivity index (χ0n) is 17.6. The molecule has 1 heterocycles. The van der Waals surface area contributed by atoms with Crippen molar-refractivity contribution in [3.8, 4) is 11.5 Å². The van der Waals surface area contributed by atoms with Gasteiger partial charge in [-0.15, -0.1) is 0 Å². The molecule has 30 heavy (non-hydrogen) atoms. The fourth-order valence-corrected chi connectivity index (χ4v) is 3.27. The van der Waals surface area contributed by atoms with Gasteiger partial charge in [-0.3, -0.25) is 19.3 Å². The summed E-state index contributed by atoms with van der Waals surface area (Å²) in [6.07, 6.45) is 1.92. The predicted molar refractivity (Wildman–Crippen MR) is 119 cm³/mol. The first-order valence-electron chi connectivity index (χ1n) is 9.46. The number of benzene rings is 2. The van der Waals surface area contributed by atoms with E-state index in [0.29, 0.717) is 35.7 Å². The lowest BCUT2D eigenvalue weighted by molar-refractivity contribution is -0.114. The average molecular weight is 431 g/mol. The minimum absolute atomic E-state index is 0.267. The van der Waals surface area contributed by atoms with Crippen LogP contribution < -0.4 is 14.8 Å². The van der Waals surface area contributed by atoms with E-state index in [2.05, 4.69) is 5.32 Å². The normalized spacial score (nSPS) is 12.1. The van der Waals surface area contributed by atoms with Crippen molar-refractivity contribution < 1.29 is 23.9 Å². The number of ether oxygens (including phenoxy) is 2. The molecule has 0 radical (unpaired) electrons. The Morgan fingerprint density at radius 2 is 1.77 bits per heavy atom. The molecule has 0 saturated carbocycles. The molecule has 0 aliphatic carbocycles. The van der Waals surface area contributed by atoms with Crippen LogP contribution in [0.3, 0.4) is 0 Å². The number of hydrogen-bond acceptors (Lipinski definition) is 6. The molecular weight excluding hydrogens is 404 g/mol. The molecule has 0 saturated heterocycles. The lowest BCUT2D eigenvalue weighted by atomic mass is 10.1. The number of rotatable bonds is 7. The molecule has 3 rings (SSSR count). The first-order valence-corrected chi connectivity index (χ1v) is 10.9. The quantitative estimate of drug-likeness (QED) is 0.675. The van der Waals surface area contributed by atoms with Crippen LogP contribution in [0.5, 0.6) is 11.5 Å². The number of carbonyl (C=O) groups is 3. The second-order valence-corrected chi connectivity index (χ2v) is 7.23. The molecule has 1 N–H and O–H groups in total. The highest BCUT2D eigenvalue weighted by Crippen LogP contribution is 2.29. The largest absolute Gasteiger partial charge is 0.493 e. The fourth-order valence-electron chi connectivity index (χ4n) is 2.91. The molecule has 0 fully saturated rings. The maximum atomic E-state index is 12.3. The van der Waals surface area contributed by atoms with Gasteiger partial charge in [0.15, 0.2) is 11.5 Å². The Bertz CT molecular complexity index is 916. The van der Waals surface area contributed by atoms with E-state index in [1.54, 1.807) is 37.1 Å². The number of imide groups is 1. The first kappa shape index (κ1) is 23.3. The first-order chi connectivity index (χ1) is 14.4. The molecule has 160 valence electrons. The molecule has 0 bridgehead atoms. The number of amides is 3. The van der Waals surface area contributed by atoms with Crippen molar-refractivity contribution in [1.29, 1.82) is 0 Å². The van der Waals surface area contributed by atoms with Crippen LogP contribution in [-0.2, 0) is 4.79 Å². The third-order valence-corrected chi connectivity index (χ3v) is 4.79. The molecular formula is C22H26N2O5S. The fraction of sp³-hybridized carbons (Fsp3) is 0.318. The summed E-state index contributed by atoms with van der Waals surface area (Å²) in [7, 11) is 1.64. The SMILES string of the molecule is CCOc1ccccc1OC.CSCCN1C(=O)c2cccc(NC(C)=O)c2C1=O. The summed E-state index contributed by atoms with van der Waals surface area (Å²) in [6, 6.07) is 12.5. The predicted octanol–water partition coefficient (Wildman–Crippen LogP) is 3.70. The highest BCUT2D eigenvalue weighted by Gasteiger charge is 2.37. The van der Waals surface area contributed by atoms with Crippen LogP contribution in [0.1, 0.15) is 34.6 Å². The monoisotopic (exact) mass is 430 g/mol. The summed E-state index contributed by atoms with van der Waals surface area (Å²) in [4.78, 5) is 36.8. The second-order valence-electron chi connectivity index (χ2n) is 6.25. The van der Waals surface area contributed by atoms with Crippen molar-refractivity contribution in [3.63, 3.8) is 0 Å². The van der Waals surface area contributed by atoms with Crippen LogP contribution in [0.25, 0.3) is 0 Å². The Morgan fingerprint density at radius 3 is 2.37 bits per heavy atom. The minimum Gasteiger partial charge on any atom is -0.493 e. The second kappa shape index (κ2) is 11.3. The van der Waals surface area contributed by atoms with Crippen molar-refractivity contribution in [2.45, 2.75) is 13.8 Å². The Morgan fingerprint density at radius 1 is 1.07 bits per heavy atom. The molecule has 7 nitrogen and oxygen atoms in total. The van der Waals surface area contributed by atoms with Gasteiger partial charge in [-0.2, -0.15) is 11.8 Å². The molecule has 1 aliphatic heterocycles. The lowest BCUT2D eigenvalue weighted by Crippen LogP contribution is -2.32. The van der Waals surface area contributed by atoms with E-state index in [0.717, 1.165) is 11.5 Å². The molecule has 8 heteroatoms. The molecule has 0 aromatic heterocycles. The van der Waals surface area contributed by atoms with E-state index in [1.165, 1.54) is 11.8 Å². The molecule has 1 aliphatic rings. The maximum absolute atomic E-state index is 12.3. The van der Waals surface area contributed by atoms with Crippen molar-refractivity contribution in [3.05, 3.63) is 53.6 Å².